The summed E-state index contributed by atoms with van der Waals surface area (Å²) in [7, 11) is 0. The Balaban J connectivity index is 1.06. The molecule has 2 aliphatic carbocycles. The molecule has 56 heavy (non-hydrogen) atoms. The number of hydrogen-bond acceptors (Lipinski definition) is 4. The van der Waals surface area contributed by atoms with Crippen molar-refractivity contribution < 1.29 is 4.74 Å². The Morgan fingerprint density at radius 1 is 0.446 bits per heavy atom. The van der Waals surface area contributed by atoms with Gasteiger partial charge in [-0.25, -0.2) is 15.0 Å². The average Bonchev–Trinajstić information content (AvgIpc) is 3.57. The lowest BCUT2D eigenvalue weighted by Crippen LogP contribution is -2.32. The molecule has 1 unspecified atom stereocenters. The Bertz CT molecular complexity index is 2770. The highest BCUT2D eigenvalue weighted by molar-refractivity contribution is 5.90. The number of para-hydroxylation sites is 1. The van der Waals surface area contributed by atoms with Gasteiger partial charge in [-0.15, -0.1) is 0 Å². The van der Waals surface area contributed by atoms with Crippen molar-refractivity contribution in [2.75, 3.05) is 0 Å². The van der Waals surface area contributed by atoms with E-state index in [0.29, 0.717) is 11.6 Å². The van der Waals surface area contributed by atoms with Gasteiger partial charge in [0.1, 0.15) is 17.3 Å². The topological polar surface area (TPSA) is 47.9 Å². The van der Waals surface area contributed by atoms with Crippen molar-refractivity contribution in [2.24, 2.45) is 0 Å². The van der Waals surface area contributed by atoms with Crippen LogP contribution in [-0.4, -0.2) is 15.0 Å². The second kappa shape index (κ2) is 13.0. The predicted molar refractivity (Wildman–Crippen MR) is 224 cm³/mol. The smallest absolute Gasteiger partial charge is 0.163 e. The fourth-order valence-electron chi connectivity index (χ4n) is 9.15. The largest absolute Gasteiger partial charge is 0.457 e. The lowest BCUT2D eigenvalue weighted by molar-refractivity contribution is 0.436. The van der Waals surface area contributed by atoms with Gasteiger partial charge in [0, 0.05) is 28.2 Å². The van der Waals surface area contributed by atoms with Crippen LogP contribution in [0.4, 0.5) is 0 Å². The first kappa shape index (κ1) is 32.3. The highest BCUT2D eigenvalue weighted by Crippen LogP contribution is 2.62. The summed E-state index contributed by atoms with van der Waals surface area (Å²) in [4.78, 5) is 15.3. The minimum Gasteiger partial charge on any atom is -0.457 e. The monoisotopic (exact) mass is 717 g/mol. The molecule has 8 aromatic rings. The van der Waals surface area contributed by atoms with E-state index in [-0.39, 0.29) is 5.92 Å². The van der Waals surface area contributed by atoms with E-state index >= 15 is 0 Å². The average molecular weight is 718 g/mol. The first-order valence-corrected chi connectivity index (χ1v) is 19.2. The summed E-state index contributed by atoms with van der Waals surface area (Å²) >= 11 is 0. The Morgan fingerprint density at radius 2 is 0.982 bits per heavy atom. The molecule has 3 aliphatic rings. The molecule has 11 rings (SSSR count). The van der Waals surface area contributed by atoms with Gasteiger partial charge in [0.25, 0.3) is 0 Å². The summed E-state index contributed by atoms with van der Waals surface area (Å²) in [5.74, 6) is 3.78. The van der Waals surface area contributed by atoms with Gasteiger partial charge in [0.15, 0.2) is 11.6 Å². The zero-order valence-electron chi connectivity index (χ0n) is 30.5. The molecule has 2 heterocycles. The highest BCUT2D eigenvalue weighted by Gasteiger charge is 2.50. The zero-order chi connectivity index (χ0) is 37.1. The van der Waals surface area contributed by atoms with Gasteiger partial charge in [-0.05, 0) is 63.1 Å². The Hall–Kier alpha value is -7.17. The van der Waals surface area contributed by atoms with Gasteiger partial charge >= 0.3 is 0 Å². The number of aromatic nitrogens is 3. The summed E-state index contributed by atoms with van der Waals surface area (Å²) in [5, 5.41) is 0. The number of allylic oxidation sites excluding steroid dienone is 4. The van der Waals surface area contributed by atoms with Crippen LogP contribution in [0, 0.1) is 0 Å². The van der Waals surface area contributed by atoms with Gasteiger partial charge in [-0.2, -0.15) is 0 Å². The predicted octanol–water partition coefficient (Wildman–Crippen LogP) is 12.5. The number of benzene rings is 7. The SMILES string of the molecule is C1=CCC(c2nc(-c3ccccc3)nc(-c3ccccc3)n2)C(c2ccccc2-c2ccc3c(c2)Oc2ccccc2C32c3ccccc3-c3ccccc32)=C1. The van der Waals surface area contributed by atoms with Gasteiger partial charge in [-0.3, -0.25) is 0 Å². The van der Waals surface area contributed by atoms with Crippen molar-refractivity contribution in [3.8, 4) is 56.5 Å². The second-order valence-corrected chi connectivity index (χ2v) is 14.6. The van der Waals surface area contributed by atoms with Crippen molar-refractivity contribution in [2.45, 2.75) is 17.8 Å². The Kier molecular flexibility index (Phi) is 7.49. The van der Waals surface area contributed by atoms with Crippen molar-refractivity contribution in [1.82, 2.24) is 15.0 Å². The maximum absolute atomic E-state index is 6.89. The van der Waals surface area contributed by atoms with Crippen LogP contribution in [0.5, 0.6) is 11.5 Å². The number of hydrogen-bond donors (Lipinski definition) is 0. The molecule has 4 heteroatoms. The van der Waals surface area contributed by atoms with Crippen LogP contribution in [0.15, 0.2) is 194 Å². The molecule has 0 amide bonds. The van der Waals surface area contributed by atoms with E-state index in [4.69, 9.17) is 19.7 Å². The third-order valence-electron chi connectivity index (χ3n) is 11.6. The molecule has 1 aromatic heterocycles. The molecule has 0 saturated heterocycles. The number of nitrogens with zero attached hydrogens (tertiary/aromatic N) is 3. The van der Waals surface area contributed by atoms with E-state index in [1.165, 1.54) is 33.4 Å². The van der Waals surface area contributed by atoms with Crippen LogP contribution in [0.3, 0.4) is 0 Å². The Morgan fingerprint density at radius 3 is 1.64 bits per heavy atom. The third kappa shape index (κ3) is 4.96. The lowest BCUT2D eigenvalue weighted by Gasteiger charge is -2.39. The second-order valence-electron chi connectivity index (χ2n) is 14.6. The van der Waals surface area contributed by atoms with Gasteiger partial charge in [0.2, 0.25) is 0 Å². The van der Waals surface area contributed by atoms with Crippen LogP contribution in [0.1, 0.15) is 46.0 Å². The van der Waals surface area contributed by atoms with E-state index in [1.807, 2.05) is 36.4 Å². The molecule has 0 radical (unpaired) electrons. The molecule has 0 saturated carbocycles. The first-order chi connectivity index (χ1) is 27.8. The Labute approximate surface area is 326 Å². The van der Waals surface area contributed by atoms with E-state index in [0.717, 1.165) is 57.1 Å². The molecule has 0 N–H and O–H groups in total. The minimum atomic E-state index is -0.497. The summed E-state index contributed by atoms with van der Waals surface area (Å²) in [6.07, 6.45) is 7.38. The molecular formula is C52H35N3O. The summed E-state index contributed by atoms with van der Waals surface area (Å²) in [6.45, 7) is 0. The van der Waals surface area contributed by atoms with E-state index < -0.39 is 5.41 Å². The molecule has 4 nitrogen and oxygen atoms in total. The summed E-state index contributed by atoms with van der Waals surface area (Å²) < 4.78 is 6.89. The van der Waals surface area contributed by atoms with Crippen LogP contribution >= 0.6 is 0 Å². The van der Waals surface area contributed by atoms with Gasteiger partial charge in [-0.1, -0.05) is 182 Å². The standard InChI is InChI=1S/C52H35N3O/c1-3-17-34(18-4-1)49-53-50(35-19-5-2-6-20-35)55-51(54-49)42-26-10-9-23-39(42)38-22-8-7-21-37(38)36-31-32-46-48(33-36)56-47-30-16-15-29-45(47)52(46)43-27-13-11-24-40(43)41-25-12-14-28-44(41)52/h1-25,27-33,42H,26H2. The minimum absolute atomic E-state index is 0.0791. The molecule has 0 fully saturated rings. The van der Waals surface area contributed by atoms with Crippen molar-refractivity contribution in [3.63, 3.8) is 0 Å². The maximum atomic E-state index is 6.89. The van der Waals surface area contributed by atoms with Gasteiger partial charge < -0.3 is 4.74 Å². The lowest BCUT2D eigenvalue weighted by atomic mass is 9.66. The molecule has 1 aliphatic heterocycles. The van der Waals surface area contributed by atoms with Gasteiger partial charge in [0.05, 0.1) is 5.41 Å². The maximum Gasteiger partial charge on any atom is 0.163 e. The number of fused-ring (bicyclic) bond motifs is 9. The molecule has 1 atom stereocenters. The van der Waals surface area contributed by atoms with E-state index in [9.17, 15) is 0 Å². The molecule has 0 bridgehead atoms. The molecule has 7 aromatic carbocycles. The quantitative estimate of drug-likeness (QED) is 0.178. The molecule has 264 valence electrons. The van der Waals surface area contributed by atoms with Crippen LogP contribution in [0.25, 0.3) is 50.6 Å². The fraction of sp³-hybridized carbons (Fsp3) is 0.0577. The normalized spacial score (nSPS) is 15.6. The molecular weight excluding hydrogens is 683 g/mol. The van der Waals surface area contributed by atoms with Crippen molar-refractivity contribution >= 4 is 5.57 Å². The third-order valence-corrected chi connectivity index (χ3v) is 11.6. The van der Waals surface area contributed by atoms with Crippen LogP contribution in [0.2, 0.25) is 0 Å². The number of rotatable bonds is 5. The number of ether oxygens (including phenoxy) is 1. The van der Waals surface area contributed by atoms with Crippen molar-refractivity contribution in [1.29, 1.82) is 0 Å². The zero-order valence-corrected chi connectivity index (χ0v) is 30.5. The fourth-order valence-corrected chi connectivity index (χ4v) is 9.15. The van der Waals surface area contributed by atoms with Crippen molar-refractivity contribution in [3.05, 3.63) is 228 Å². The van der Waals surface area contributed by atoms with Crippen LogP contribution in [-0.2, 0) is 5.41 Å². The van der Waals surface area contributed by atoms with E-state index in [2.05, 4.69) is 158 Å². The summed E-state index contributed by atoms with van der Waals surface area (Å²) in [5.41, 5.74) is 13.4. The first-order valence-electron chi connectivity index (χ1n) is 19.2. The molecule has 1 spiro atoms. The highest BCUT2D eigenvalue weighted by atomic mass is 16.5. The summed E-state index contributed by atoms with van der Waals surface area (Å²) in [6, 6.07) is 62.1. The van der Waals surface area contributed by atoms with E-state index in [1.54, 1.807) is 0 Å². The van der Waals surface area contributed by atoms with Crippen LogP contribution < -0.4 is 4.74 Å².